The van der Waals surface area contributed by atoms with Crippen molar-refractivity contribution in [2.24, 2.45) is 0 Å². The molecule has 1 rings (SSSR count). The lowest BCUT2D eigenvalue weighted by Gasteiger charge is -2.23. The zero-order chi connectivity index (χ0) is 19.0. The van der Waals surface area contributed by atoms with Crippen molar-refractivity contribution in [1.29, 1.82) is 0 Å². The van der Waals surface area contributed by atoms with E-state index in [0.717, 1.165) is 17.8 Å². The lowest BCUT2D eigenvalue weighted by atomic mass is 10.1. The summed E-state index contributed by atoms with van der Waals surface area (Å²) in [4.78, 5) is 28.2. The van der Waals surface area contributed by atoms with E-state index < -0.39 is 11.8 Å². The standard InChI is InChI=1S/C18H31N5O2/c1-21(2)12-11-19-17(24)18(25)20-13-16(23(5)6)14-7-9-15(10-8-14)22(3)4/h7-10,16H,11-13H2,1-6H3,(H,19,24)(H,20,25)/p+2/t16-/m1/s1. The SMILES string of the molecule is CN(C)c1ccc([C@@H](CNC(=O)C(=O)NCC[NH+](C)C)[NH+](C)C)cc1. The third-order valence-electron chi connectivity index (χ3n) is 4.09. The van der Waals surface area contributed by atoms with Gasteiger partial charge in [0.2, 0.25) is 0 Å². The van der Waals surface area contributed by atoms with Gasteiger partial charge < -0.3 is 25.3 Å². The number of carbonyl (C=O) groups is 2. The number of likely N-dealkylation sites (N-methyl/N-ethyl adjacent to an activating group) is 2. The molecule has 0 aliphatic heterocycles. The summed E-state index contributed by atoms with van der Waals surface area (Å²) in [7, 11) is 12.1. The number of rotatable bonds is 8. The number of nitrogens with zero attached hydrogens (tertiary/aromatic N) is 1. The number of benzene rings is 1. The van der Waals surface area contributed by atoms with Gasteiger partial charge in [0.25, 0.3) is 0 Å². The molecule has 0 saturated heterocycles. The molecule has 1 aromatic carbocycles. The summed E-state index contributed by atoms with van der Waals surface area (Å²) in [6.45, 7) is 1.68. The van der Waals surface area contributed by atoms with Crippen molar-refractivity contribution in [3.63, 3.8) is 0 Å². The first-order chi connectivity index (χ1) is 11.7. The third-order valence-corrected chi connectivity index (χ3v) is 4.09. The van der Waals surface area contributed by atoms with Crippen molar-refractivity contribution in [1.82, 2.24) is 10.6 Å². The van der Waals surface area contributed by atoms with Gasteiger partial charge in [0.1, 0.15) is 6.04 Å². The molecule has 0 saturated carbocycles. The average Bonchev–Trinajstić information content (AvgIpc) is 2.54. The summed E-state index contributed by atoms with van der Waals surface area (Å²) in [5, 5.41) is 5.39. The number of hydrogen-bond donors (Lipinski definition) is 4. The second-order valence-electron chi connectivity index (χ2n) is 7.04. The molecule has 0 radical (unpaired) electrons. The molecule has 1 atom stereocenters. The van der Waals surface area contributed by atoms with E-state index in [1.54, 1.807) is 0 Å². The highest BCUT2D eigenvalue weighted by molar-refractivity contribution is 6.35. The molecule has 0 unspecified atom stereocenters. The van der Waals surface area contributed by atoms with Gasteiger partial charge in [-0.1, -0.05) is 12.1 Å². The minimum absolute atomic E-state index is 0.0826. The Kier molecular flexibility index (Phi) is 8.37. The van der Waals surface area contributed by atoms with Crippen LogP contribution in [-0.4, -0.2) is 73.7 Å². The monoisotopic (exact) mass is 351 g/mol. The molecule has 0 spiro atoms. The van der Waals surface area contributed by atoms with E-state index in [0.29, 0.717) is 13.1 Å². The van der Waals surface area contributed by atoms with E-state index in [1.807, 2.05) is 47.2 Å². The summed E-state index contributed by atoms with van der Waals surface area (Å²) in [5.74, 6) is -1.15. The van der Waals surface area contributed by atoms with E-state index in [2.05, 4.69) is 34.9 Å². The van der Waals surface area contributed by atoms with Crippen molar-refractivity contribution in [2.45, 2.75) is 6.04 Å². The molecule has 0 aliphatic carbocycles. The molecule has 7 nitrogen and oxygen atoms in total. The molecule has 2 amide bonds. The molecule has 0 aliphatic rings. The molecule has 4 N–H and O–H groups in total. The molecule has 0 bridgehead atoms. The molecule has 25 heavy (non-hydrogen) atoms. The Hall–Kier alpha value is -2.12. The molecule has 0 aromatic heterocycles. The maximum absolute atomic E-state index is 12.0. The van der Waals surface area contributed by atoms with Crippen LogP contribution in [0.25, 0.3) is 0 Å². The predicted molar refractivity (Wildman–Crippen MR) is 100 cm³/mol. The predicted octanol–water partition coefficient (Wildman–Crippen LogP) is -2.68. The zero-order valence-corrected chi connectivity index (χ0v) is 16.3. The fraction of sp³-hybridized carbons (Fsp3) is 0.556. The first-order valence-electron chi connectivity index (χ1n) is 8.64. The lowest BCUT2D eigenvalue weighted by molar-refractivity contribution is -0.890. The van der Waals surface area contributed by atoms with Crippen LogP contribution in [0.4, 0.5) is 5.69 Å². The second kappa shape index (κ2) is 10.0. The smallest absolute Gasteiger partial charge is 0.309 e. The topological polar surface area (TPSA) is 70.3 Å². The van der Waals surface area contributed by atoms with Crippen molar-refractivity contribution < 1.29 is 19.4 Å². The maximum Gasteiger partial charge on any atom is 0.309 e. The summed E-state index contributed by atoms with van der Waals surface area (Å²) in [6.07, 6.45) is 0. The van der Waals surface area contributed by atoms with Gasteiger partial charge in [-0.15, -0.1) is 0 Å². The molecule has 140 valence electrons. The highest BCUT2D eigenvalue weighted by Crippen LogP contribution is 2.15. The molecule has 0 heterocycles. The Bertz CT molecular complexity index is 555. The van der Waals surface area contributed by atoms with E-state index in [9.17, 15) is 9.59 Å². The fourth-order valence-corrected chi connectivity index (χ4v) is 2.44. The fourth-order valence-electron chi connectivity index (χ4n) is 2.44. The Labute approximate surface area is 151 Å². The second-order valence-corrected chi connectivity index (χ2v) is 7.04. The van der Waals surface area contributed by atoms with Crippen LogP contribution in [0.1, 0.15) is 11.6 Å². The number of quaternary nitrogens is 2. The van der Waals surface area contributed by atoms with Gasteiger partial charge >= 0.3 is 11.8 Å². The van der Waals surface area contributed by atoms with E-state index in [-0.39, 0.29) is 6.04 Å². The quantitative estimate of drug-likeness (QED) is 0.386. The Balaban J connectivity index is 2.60. The number of carbonyl (C=O) groups excluding carboxylic acids is 2. The number of hydrogen-bond acceptors (Lipinski definition) is 3. The van der Waals surface area contributed by atoms with Crippen LogP contribution in [-0.2, 0) is 9.59 Å². The molecule has 7 heteroatoms. The minimum Gasteiger partial charge on any atom is -0.378 e. The minimum atomic E-state index is -0.579. The van der Waals surface area contributed by atoms with E-state index >= 15 is 0 Å². The zero-order valence-electron chi connectivity index (χ0n) is 16.3. The van der Waals surface area contributed by atoms with Crippen LogP contribution in [0, 0.1) is 0 Å². The lowest BCUT2D eigenvalue weighted by Crippen LogP contribution is -3.07. The molecular weight excluding hydrogens is 318 g/mol. The van der Waals surface area contributed by atoms with Crippen molar-refractivity contribution >= 4 is 17.5 Å². The van der Waals surface area contributed by atoms with Gasteiger partial charge in [0.05, 0.1) is 47.8 Å². The van der Waals surface area contributed by atoms with Crippen LogP contribution in [0.2, 0.25) is 0 Å². The molecule has 0 fully saturated rings. The first-order valence-corrected chi connectivity index (χ1v) is 8.64. The maximum atomic E-state index is 12.0. The van der Waals surface area contributed by atoms with Gasteiger partial charge in [-0.25, -0.2) is 0 Å². The number of nitrogens with one attached hydrogen (secondary N) is 4. The van der Waals surface area contributed by atoms with Gasteiger partial charge in [0, 0.05) is 25.3 Å². The normalized spacial score (nSPS) is 12.2. The Morgan fingerprint density at radius 1 is 1.00 bits per heavy atom. The average molecular weight is 351 g/mol. The van der Waals surface area contributed by atoms with Crippen molar-refractivity contribution in [3.05, 3.63) is 29.8 Å². The van der Waals surface area contributed by atoms with E-state index in [1.165, 1.54) is 9.80 Å². The first kappa shape index (κ1) is 20.9. The molecular formula is C18H33N5O2+2. The van der Waals surface area contributed by atoms with Crippen LogP contribution < -0.4 is 25.3 Å². The largest absolute Gasteiger partial charge is 0.378 e. The van der Waals surface area contributed by atoms with E-state index in [4.69, 9.17) is 0 Å². The van der Waals surface area contributed by atoms with Gasteiger partial charge in [0.15, 0.2) is 0 Å². The summed E-state index contributed by atoms with van der Waals surface area (Å²) in [6, 6.07) is 8.34. The number of amides is 2. The highest BCUT2D eigenvalue weighted by Gasteiger charge is 2.21. The summed E-state index contributed by atoms with van der Waals surface area (Å²) >= 11 is 0. The number of anilines is 1. The summed E-state index contributed by atoms with van der Waals surface area (Å²) in [5.41, 5.74) is 2.25. The highest BCUT2D eigenvalue weighted by atomic mass is 16.2. The van der Waals surface area contributed by atoms with Crippen molar-refractivity contribution in [2.75, 3.05) is 66.8 Å². The van der Waals surface area contributed by atoms with Crippen molar-refractivity contribution in [3.8, 4) is 0 Å². The van der Waals surface area contributed by atoms with Gasteiger partial charge in [-0.3, -0.25) is 9.59 Å². The Morgan fingerprint density at radius 2 is 1.56 bits per heavy atom. The Morgan fingerprint density at radius 3 is 2.04 bits per heavy atom. The van der Waals surface area contributed by atoms with Crippen LogP contribution >= 0.6 is 0 Å². The third kappa shape index (κ3) is 7.11. The van der Waals surface area contributed by atoms with Gasteiger partial charge in [-0.05, 0) is 12.1 Å². The molecule has 1 aromatic rings. The van der Waals surface area contributed by atoms with Crippen LogP contribution in [0.15, 0.2) is 24.3 Å². The van der Waals surface area contributed by atoms with Crippen LogP contribution in [0.3, 0.4) is 0 Å². The van der Waals surface area contributed by atoms with Gasteiger partial charge in [-0.2, -0.15) is 0 Å². The summed E-state index contributed by atoms with van der Waals surface area (Å²) < 4.78 is 0. The van der Waals surface area contributed by atoms with Crippen LogP contribution in [0.5, 0.6) is 0 Å².